The van der Waals surface area contributed by atoms with E-state index in [4.69, 9.17) is 0 Å². The summed E-state index contributed by atoms with van der Waals surface area (Å²) < 4.78 is 13.7. The van der Waals surface area contributed by atoms with Crippen molar-refractivity contribution in [2.24, 2.45) is 0 Å². The molecular formula is C22H20FN3O2. The normalized spacial score (nSPS) is 10.4. The molecule has 28 heavy (non-hydrogen) atoms. The Morgan fingerprint density at radius 1 is 1.04 bits per heavy atom. The van der Waals surface area contributed by atoms with E-state index in [0.717, 1.165) is 5.56 Å². The SMILES string of the molecule is CCN(Cc1ccccc1)C(=O)c1cc(C(=O)Nc2ccccc2F)ccn1. The third-order valence-corrected chi connectivity index (χ3v) is 4.25. The molecule has 0 aliphatic carbocycles. The fourth-order valence-electron chi connectivity index (χ4n) is 2.74. The van der Waals surface area contributed by atoms with Gasteiger partial charge in [0.25, 0.3) is 11.8 Å². The Hall–Kier alpha value is -3.54. The van der Waals surface area contributed by atoms with Crippen LogP contribution < -0.4 is 5.32 Å². The third kappa shape index (κ3) is 4.59. The van der Waals surface area contributed by atoms with Crippen molar-refractivity contribution >= 4 is 17.5 Å². The molecule has 142 valence electrons. The van der Waals surface area contributed by atoms with Crippen molar-refractivity contribution in [3.63, 3.8) is 0 Å². The van der Waals surface area contributed by atoms with E-state index in [-0.39, 0.29) is 22.9 Å². The summed E-state index contributed by atoms with van der Waals surface area (Å²) in [5.41, 5.74) is 1.49. The topological polar surface area (TPSA) is 62.3 Å². The maximum Gasteiger partial charge on any atom is 0.272 e. The van der Waals surface area contributed by atoms with Crippen molar-refractivity contribution in [3.8, 4) is 0 Å². The molecule has 5 nitrogen and oxygen atoms in total. The van der Waals surface area contributed by atoms with Crippen molar-refractivity contribution in [1.82, 2.24) is 9.88 Å². The zero-order valence-corrected chi connectivity index (χ0v) is 15.4. The summed E-state index contributed by atoms with van der Waals surface area (Å²) in [6.45, 7) is 2.83. The molecule has 0 atom stereocenters. The van der Waals surface area contributed by atoms with Crippen LogP contribution in [0.4, 0.5) is 10.1 Å². The van der Waals surface area contributed by atoms with E-state index in [1.807, 2.05) is 37.3 Å². The third-order valence-electron chi connectivity index (χ3n) is 4.25. The molecule has 0 radical (unpaired) electrons. The van der Waals surface area contributed by atoms with Crippen LogP contribution in [0.5, 0.6) is 0 Å². The summed E-state index contributed by atoms with van der Waals surface area (Å²) in [5, 5.41) is 2.51. The van der Waals surface area contributed by atoms with E-state index >= 15 is 0 Å². The molecule has 1 N–H and O–H groups in total. The van der Waals surface area contributed by atoms with Gasteiger partial charge in [-0.15, -0.1) is 0 Å². The summed E-state index contributed by atoms with van der Waals surface area (Å²) in [4.78, 5) is 31.0. The summed E-state index contributed by atoms with van der Waals surface area (Å²) in [6.07, 6.45) is 1.40. The second-order valence-electron chi connectivity index (χ2n) is 6.17. The Bertz CT molecular complexity index is 976. The first-order valence-electron chi connectivity index (χ1n) is 8.93. The van der Waals surface area contributed by atoms with Gasteiger partial charge in [0.05, 0.1) is 5.69 Å². The molecule has 2 amide bonds. The number of aromatic nitrogens is 1. The highest BCUT2D eigenvalue weighted by Gasteiger charge is 2.18. The lowest BCUT2D eigenvalue weighted by Crippen LogP contribution is -2.31. The minimum absolute atomic E-state index is 0.0800. The van der Waals surface area contributed by atoms with E-state index < -0.39 is 11.7 Å². The van der Waals surface area contributed by atoms with Crippen LogP contribution >= 0.6 is 0 Å². The Balaban J connectivity index is 1.77. The van der Waals surface area contributed by atoms with Crippen molar-refractivity contribution in [2.75, 3.05) is 11.9 Å². The molecule has 0 aliphatic rings. The number of carbonyl (C=O) groups is 2. The minimum Gasteiger partial charge on any atom is -0.333 e. The molecule has 0 fully saturated rings. The van der Waals surface area contributed by atoms with E-state index in [2.05, 4.69) is 10.3 Å². The second kappa shape index (κ2) is 8.90. The number of hydrogen-bond acceptors (Lipinski definition) is 3. The van der Waals surface area contributed by atoms with Crippen LogP contribution in [0.2, 0.25) is 0 Å². The molecule has 0 unspecified atom stereocenters. The zero-order valence-electron chi connectivity index (χ0n) is 15.4. The molecular weight excluding hydrogens is 357 g/mol. The number of para-hydroxylation sites is 1. The fourth-order valence-corrected chi connectivity index (χ4v) is 2.74. The van der Waals surface area contributed by atoms with Gasteiger partial charge in [0, 0.05) is 24.8 Å². The van der Waals surface area contributed by atoms with Gasteiger partial charge in [-0.1, -0.05) is 42.5 Å². The molecule has 0 aliphatic heterocycles. The quantitative estimate of drug-likeness (QED) is 0.702. The van der Waals surface area contributed by atoms with Crippen LogP contribution in [-0.2, 0) is 6.54 Å². The Morgan fingerprint density at radius 2 is 1.75 bits per heavy atom. The Labute approximate surface area is 162 Å². The average molecular weight is 377 g/mol. The Morgan fingerprint density at radius 3 is 2.46 bits per heavy atom. The van der Waals surface area contributed by atoms with Crippen molar-refractivity contribution < 1.29 is 14.0 Å². The van der Waals surface area contributed by atoms with E-state index in [1.54, 1.807) is 17.0 Å². The van der Waals surface area contributed by atoms with E-state index in [1.165, 1.54) is 30.5 Å². The van der Waals surface area contributed by atoms with Crippen LogP contribution in [0.1, 0.15) is 33.3 Å². The number of halogens is 1. The van der Waals surface area contributed by atoms with Gasteiger partial charge in [0.2, 0.25) is 0 Å². The van der Waals surface area contributed by atoms with Crippen LogP contribution in [0, 0.1) is 5.82 Å². The number of rotatable bonds is 6. The summed E-state index contributed by atoms with van der Waals surface area (Å²) in [7, 11) is 0. The van der Waals surface area contributed by atoms with Gasteiger partial charge in [-0.05, 0) is 36.8 Å². The van der Waals surface area contributed by atoms with E-state index in [0.29, 0.717) is 13.1 Å². The second-order valence-corrected chi connectivity index (χ2v) is 6.17. The average Bonchev–Trinajstić information content (AvgIpc) is 2.74. The van der Waals surface area contributed by atoms with Gasteiger partial charge in [-0.2, -0.15) is 0 Å². The first-order chi connectivity index (χ1) is 13.6. The molecule has 1 heterocycles. The van der Waals surface area contributed by atoms with Crippen molar-refractivity contribution in [1.29, 1.82) is 0 Å². The molecule has 0 spiro atoms. The maximum atomic E-state index is 13.7. The van der Waals surface area contributed by atoms with Crippen LogP contribution in [0.25, 0.3) is 0 Å². The van der Waals surface area contributed by atoms with Crippen LogP contribution in [0.15, 0.2) is 72.9 Å². The van der Waals surface area contributed by atoms with Gasteiger partial charge in [0.1, 0.15) is 11.5 Å². The number of pyridine rings is 1. The lowest BCUT2D eigenvalue weighted by molar-refractivity contribution is 0.0746. The van der Waals surface area contributed by atoms with Crippen LogP contribution in [0.3, 0.4) is 0 Å². The minimum atomic E-state index is -0.527. The maximum absolute atomic E-state index is 13.7. The standard InChI is InChI=1S/C22H20FN3O2/c1-2-26(15-16-8-4-3-5-9-16)22(28)20-14-17(12-13-24-20)21(27)25-19-11-7-6-10-18(19)23/h3-14H,2,15H2,1H3,(H,25,27). The molecule has 0 saturated heterocycles. The van der Waals surface area contributed by atoms with E-state index in [9.17, 15) is 14.0 Å². The number of benzene rings is 2. The highest BCUT2D eigenvalue weighted by molar-refractivity contribution is 6.05. The lowest BCUT2D eigenvalue weighted by atomic mass is 10.1. The van der Waals surface area contributed by atoms with Gasteiger partial charge >= 0.3 is 0 Å². The molecule has 3 aromatic rings. The number of hydrogen-bond donors (Lipinski definition) is 1. The fraction of sp³-hybridized carbons (Fsp3) is 0.136. The van der Waals surface area contributed by atoms with Gasteiger partial charge in [0.15, 0.2) is 0 Å². The number of amides is 2. The highest BCUT2D eigenvalue weighted by atomic mass is 19.1. The number of nitrogens with one attached hydrogen (secondary N) is 1. The predicted octanol–water partition coefficient (Wildman–Crippen LogP) is 4.14. The number of carbonyl (C=O) groups excluding carboxylic acids is 2. The lowest BCUT2D eigenvalue weighted by Gasteiger charge is -2.20. The molecule has 3 rings (SSSR count). The molecule has 1 aromatic heterocycles. The summed E-state index contributed by atoms with van der Waals surface area (Å²) in [5.74, 6) is -1.30. The monoisotopic (exact) mass is 377 g/mol. The van der Waals surface area contributed by atoms with Crippen LogP contribution in [-0.4, -0.2) is 28.2 Å². The largest absolute Gasteiger partial charge is 0.333 e. The molecule has 0 bridgehead atoms. The number of anilines is 1. The smallest absolute Gasteiger partial charge is 0.272 e. The molecule has 6 heteroatoms. The number of nitrogens with zero attached hydrogens (tertiary/aromatic N) is 2. The summed E-state index contributed by atoms with van der Waals surface area (Å²) in [6, 6.07) is 18.5. The van der Waals surface area contributed by atoms with Gasteiger partial charge in [-0.25, -0.2) is 4.39 Å². The van der Waals surface area contributed by atoms with Crippen molar-refractivity contribution in [3.05, 3.63) is 95.6 Å². The zero-order chi connectivity index (χ0) is 19.9. The predicted molar refractivity (Wildman–Crippen MR) is 105 cm³/mol. The first-order valence-corrected chi connectivity index (χ1v) is 8.93. The first kappa shape index (κ1) is 19.2. The van der Waals surface area contributed by atoms with Crippen molar-refractivity contribution in [2.45, 2.75) is 13.5 Å². The molecule has 0 saturated carbocycles. The van der Waals surface area contributed by atoms with Gasteiger partial charge in [-0.3, -0.25) is 14.6 Å². The van der Waals surface area contributed by atoms with Gasteiger partial charge < -0.3 is 10.2 Å². The Kier molecular flexibility index (Phi) is 6.11. The summed E-state index contributed by atoms with van der Waals surface area (Å²) >= 11 is 0. The highest BCUT2D eigenvalue weighted by Crippen LogP contribution is 2.15. The molecule has 2 aromatic carbocycles.